The lowest BCUT2D eigenvalue weighted by Gasteiger charge is -2.28. The normalized spacial score (nSPS) is 29.7. The van der Waals surface area contributed by atoms with Crippen molar-refractivity contribution in [3.05, 3.63) is 12.2 Å². The van der Waals surface area contributed by atoms with Crippen molar-refractivity contribution in [3.8, 4) is 0 Å². The summed E-state index contributed by atoms with van der Waals surface area (Å²) in [6.45, 7) is 3.89. The van der Waals surface area contributed by atoms with E-state index in [4.69, 9.17) is 23.7 Å². The molecule has 3 aliphatic heterocycles. The lowest BCUT2D eigenvalue weighted by molar-refractivity contribution is -0.165. The van der Waals surface area contributed by atoms with Gasteiger partial charge in [-0.2, -0.15) is 17.6 Å². The number of carbonyl (C=O) groups is 3. The summed E-state index contributed by atoms with van der Waals surface area (Å²) in [5.74, 6) is -8.15. The van der Waals surface area contributed by atoms with Gasteiger partial charge in [-0.15, -0.1) is 0 Å². The molecular formula is C19H21F4O11S-. The van der Waals surface area contributed by atoms with Gasteiger partial charge in [-0.05, 0) is 12.8 Å². The van der Waals surface area contributed by atoms with Crippen LogP contribution in [0.1, 0.15) is 26.2 Å². The first kappa shape index (κ1) is 27.3. The van der Waals surface area contributed by atoms with Gasteiger partial charge in [0.1, 0.15) is 24.2 Å². The molecule has 0 spiro atoms. The predicted octanol–water partition coefficient (Wildman–Crippen LogP) is 0.669. The molecule has 0 radical (unpaired) electrons. The zero-order chi connectivity index (χ0) is 26.3. The SMILES string of the molecule is C=C(COCCCCC(F)(F)C(F)(F)S(=O)(=O)[O-])C(=O)OC1C2OC3C1OC(=O)C3C2OC(C)=O. The van der Waals surface area contributed by atoms with E-state index in [1.807, 2.05) is 0 Å². The standard InChI is InChI=1S/C19H22F4O11S/c1-8(7-30-6-4-3-5-18(20,21)19(22,23)35(27,28)29)16(25)33-15-13-11(31-9(2)24)10-12(32-13)14(15)34-17(10)26/h10-15H,1,3-7H2,2H3,(H,27,28,29)/p-1. The number of hydrogen-bond acceptors (Lipinski definition) is 11. The Hall–Kier alpha value is -2.30. The summed E-state index contributed by atoms with van der Waals surface area (Å²) in [5.41, 5.74) is -0.216. The second kappa shape index (κ2) is 9.63. The first-order chi connectivity index (χ1) is 16.1. The highest BCUT2D eigenvalue weighted by Gasteiger charge is 2.71. The number of hydrogen-bond donors (Lipinski definition) is 0. The molecule has 0 saturated carbocycles. The quantitative estimate of drug-likeness (QED) is 0.0868. The predicted molar refractivity (Wildman–Crippen MR) is 101 cm³/mol. The molecule has 3 aliphatic rings. The summed E-state index contributed by atoms with van der Waals surface area (Å²) in [4.78, 5) is 35.7. The molecule has 0 aromatic carbocycles. The monoisotopic (exact) mass is 533 g/mol. The number of rotatable bonds is 12. The van der Waals surface area contributed by atoms with Crippen LogP contribution in [0.2, 0.25) is 0 Å². The molecule has 6 unspecified atom stereocenters. The highest BCUT2D eigenvalue weighted by Crippen LogP contribution is 2.49. The third kappa shape index (κ3) is 5.15. The van der Waals surface area contributed by atoms with Crippen molar-refractivity contribution in [2.24, 2.45) is 5.92 Å². The molecule has 198 valence electrons. The summed E-state index contributed by atoms with van der Waals surface area (Å²) in [6, 6.07) is 0. The van der Waals surface area contributed by atoms with E-state index in [-0.39, 0.29) is 18.6 Å². The Morgan fingerprint density at radius 3 is 2.34 bits per heavy atom. The Morgan fingerprint density at radius 2 is 1.74 bits per heavy atom. The van der Waals surface area contributed by atoms with Crippen LogP contribution in [-0.2, 0) is 48.2 Å². The number of esters is 3. The van der Waals surface area contributed by atoms with Crippen LogP contribution in [0.15, 0.2) is 12.2 Å². The van der Waals surface area contributed by atoms with Gasteiger partial charge in [0.15, 0.2) is 22.3 Å². The van der Waals surface area contributed by atoms with Crippen LogP contribution in [0.25, 0.3) is 0 Å². The molecule has 6 atom stereocenters. The molecule has 35 heavy (non-hydrogen) atoms. The number of unbranched alkanes of at least 4 members (excludes halogenated alkanes) is 1. The van der Waals surface area contributed by atoms with Gasteiger partial charge >= 0.3 is 29.1 Å². The average molecular weight is 533 g/mol. The minimum Gasteiger partial charge on any atom is -0.743 e. The summed E-state index contributed by atoms with van der Waals surface area (Å²) < 4.78 is 110. The van der Waals surface area contributed by atoms with Crippen molar-refractivity contribution in [3.63, 3.8) is 0 Å². The second-order valence-corrected chi connectivity index (χ2v) is 9.65. The Morgan fingerprint density at radius 1 is 1.09 bits per heavy atom. The Kier molecular flexibility index (Phi) is 7.51. The van der Waals surface area contributed by atoms with E-state index in [9.17, 15) is 44.9 Å². The summed E-state index contributed by atoms with van der Waals surface area (Å²) >= 11 is 0. The van der Waals surface area contributed by atoms with Crippen LogP contribution in [0.5, 0.6) is 0 Å². The molecule has 0 aromatic rings. The van der Waals surface area contributed by atoms with E-state index in [0.717, 1.165) is 6.92 Å². The van der Waals surface area contributed by atoms with E-state index in [2.05, 4.69) is 6.58 Å². The lowest BCUT2D eigenvalue weighted by atomic mass is 9.85. The third-order valence-electron chi connectivity index (χ3n) is 5.72. The van der Waals surface area contributed by atoms with Gasteiger partial charge in [0.25, 0.3) is 0 Å². The van der Waals surface area contributed by atoms with Gasteiger partial charge in [-0.3, -0.25) is 9.59 Å². The largest absolute Gasteiger partial charge is 0.743 e. The average Bonchev–Trinajstić information content (AvgIpc) is 3.33. The molecule has 3 rings (SSSR count). The highest BCUT2D eigenvalue weighted by atomic mass is 32.2. The van der Waals surface area contributed by atoms with E-state index in [1.54, 1.807) is 0 Å². The first-order valence-electron chi connectivity index (χ1n) is 10.3. The van der Waals surface area contributed by atoms with E-state index in [1.165, 1.54) is 0 Å². The maximum Gasteiger partial charge on any atom is 0.396 e. The number of fused-ring (bicyclic) bond motifs is 1. The van der Waals surface area contributed by atoms with E-state index in [0.29, 0.717) is 0 Å². The maximum absolute atomic E-state index is 13.4. The number of ether oxygens (including phenoxy) is 5. The second-order valence-electron chi connectivity index (χ2n) is 8.23. The zero-order valence-electron chi connectivity index (χ0n) is 18.1. The number of halogens is 4. The molecule has 3 saturated heterocycles. The molecule has 0 N–H and O–H groups in total. The summed E-state index contributed by atoms with van der Waals surface area (Å²) in [7, 11) is -6.55. The minimum atomic E-state index is -6.55. The molecule has 0 amide bonds. The summed E-state index contributed by atoms with van der Waals surface area (Å²) in [6.07, 6.45) is -7.05. The fraction of sp³-hybridized carbons (Fsp3) is 0.737. The van der Waals surface area contributed by atoms with Crippen LogP contribution < -0.4 is 0 Å². The first-order valence-corrected chi connectivity index (χ1v) is 11.7. The fourth-order valence-electron chi connectivity index (χ4n) is 4.08. The molecule has 3 heterocycles. The van der Waals surface area contributed by atoms with Crippen molar-refractivity contribution < 1.29 is 68.6 Å². The summed E-state index contributed by atoms with van der Waals surface area (Å²) in [5, 5.41) is -5.75. The third-order valence-corrected chi connectivity index (χ3v) is 6.65. The molecule has 0 aliphatic carbocycles. The van der Waals surface area contributed by atoms with Gasteiger partial charge < -0.3 is 28.2 Å². The zero-order valence-corrected chi connectivity index (χ0v) is 18.9. The van der Waals surface area contributed by atoms with E-state index >= 15 is 0 Å². The van der Waals surface area contributed by atoms with E-state index < -0.39 is 95.1 Å². The Bertz CT molecular complexity index is 999. The van der Waals surface area contributed by atoms with Gasteiger partial charge in [0.2, 0.25) is 0 Å². The van der Waals surface area contributed by atoms with Gasteiger partial charge in [-0.1, -0.05) is 6.58 Å². The Labute approximate surface area is 196 Å². The fourth-order valence-corrected chi connectivity index (χ4v) is 4.54. The van der Waals surface area contributed by atoms with Crippen molar-refractivity contribution in [1.82, 2.24) is 0 Å². The molecule has 3 fully saturated rings. The van der Waals surface area contributed by atoms with Crippen molar-refractivity contribution in [2.75, 3.05) is 13.2 Å². The molecule has 16 heteroatoms. The topological polar surface area (TPSA) is 155 Å². The van der Waals surface area contributed by atoms with Crippen molar-refractivity contribution >= 4 is 28.0 Å². The number of carbonyl (C=O) groups excluding carboxylic acids is 3. The van der Waals surface area contributed by atoms with Crippen LogP contribution in [-0.4, -0.2) is 85.8 Å². The molecular weight excluding hydrogens is 512 g/mol. The van der Waals surface area contributed by atoms with Crippen LogP contribution >= 0.6 is 0 Å². The van der Waals surface area contributed by atoms with Gasteiger partial charge in [0, 0.05) is 20.0 Å². The maximum atomic E-state index is 13.4. The van der Waals surface area contributed by atoms with Gasteiger partial charge in [-0.25, -0.2) is 13.2 Å². The van der Waals surface area contributed by atoms with Crippen molar-refractivity contribution in [1.29, 1.82) is 0 Å². The van der Waals surface area contributed by atoms with Crippen molar-refractivity contribution in [2.45, 2.75) is 67.9 Å². The Balaban J connectivity index is 1.42. The molecule has 0 aromatic heterocycles. The van der Waals surface area contributed by atoms with Crippen LogP contribution in [0, 0.1) is 5.92 Å². The van der Waals surface area contributed by atoms with Crippen LogP contribution in [0.3, 0.4) is 0 Å². The van der Waals surface area contributed by atoms with Gasteiger partial charge in [0.05, 0.1) is 12.2 Å². The molecule has 11 nitrogen and oxygen atoms in total. The highest BCUT2D eigenvalue weighted by molar-refractivity contribution is 7.86. The smallest absolute Gasteiger partial charge is 0.396 e. The minimum absolute atomic E-state index is 0.216. The molecule has 2 bridgehead atoms. The lowest BCUT2D eigenvalue weighted by Crippen LogP contribution is -2.49. The van der Waals surface area contributed by atoms with Crippen LogP contribution in [0.4, 0.5) is 17.6 Å². The number of alkyl halides is 4.